The van der Waals surface area contributed by atoms with Crippen molar-refractivity contribution in [1.82, 2.24) is 4.90 Å². The Kier molecular flexibility index (Phi) is 3.44. The highest BCUT2D eigenvalue weighted by Crippen LogP contribution is 2.37. The van der Waals surface area contributed by atoms with E-state index in [1.165, 1.54) is 0 Å². The number of hydrogen-bond donors (Lipinski definition) is 1. The van der Waals surface area contributed by atoms with E-state index in [0.29, 0.717) is 5.92 Å². The zero-order chi connectivity index (χ0) is 11.8. The van der Waals surface area contributed by atoms with Crippen LogP contribution in [0.3, 0.4) is 0 Å². The van der Waals surface area contributed by atoms with E-state index in [0.717, 1.165) is 12.8 Å². The molecule has 0 saturated heterocycles. The van der Waals surface area contributed by atoms with Crippen molar-refractivity contribution in [3.8, 4) is 0 Å². The first kappa shape index (κ1) is 12.5. The molecule has 1 aliphatic rings. The number of carboxylic acids is 1. The first-order valence-electron chi connectivity index (χ1n) is 5.70. The van der Waals surface area contributed by atoms with Gasteiger partial charge in [0.1, 0.15) is 6.04 Å². The molecule has 0 spiro atoms. The molecule has 1 aliphatic carbocycles. The fraction of sp³-hybridized carbons (Fsp3) is 0.917. The lowest BCUT2D eigenvalue weighted by atomic mass is 9.86. The SMILES string of the molecule is CC(N(C)C(C(=O)O)C1CC1)C(C)(C)C. The Balaban J connectivity index is 2.71. The highest BCUT2D eigenvalue weighted by Gasteiger charge is 2.42. The summed E-state index contributed by atoms with van der Waals surface area (Å²) in [5.41, 5.74) is 0.122. The van der Waals surface area contributed by atoms with Crippen LogP contribution in [0, 0.1) is 11.3 Å². The van der Waals surface area contributed by atoms with Gasteiger partial charge in [-0.3, -0.25) is 9.69 Å². The number of carboxylic acid groups (broad SMARTS) is 1. The summed E-state index contributed by atoms with van der Waals surface area (Å²) in [4.78, 5) is 13.2. The van der Waals surface area contributed by atoms with Gasteiger partial charge in [0.2, 0.25) is 0 Å². The number of rotatable bonds is 4. The minimum Gasteiger partial charge on any atom is -0.480 e. The summed E-state index contributed by atoms with van der Waals surface area (Å²) in [6, 6.07) is -0.0153. The van der Waals surface area contributed by atoms with E-state index < -0.39 is 5.97 Å². The predicted molar refractivity (Wildman–Crippen MR) is 60.8 cm³/mol. The van der Waals surface area contributed by atoms with Crippen LogP contribution >= 0.6 is 0 Å². The third-order valence-electron chi connectivity index (χ3n) is 3.62. The van der Waals surface area contributed by atoms with Gasteiger partial charge < -0.3 is 5.11 Å². The Morgan fingerprint density at radius 2 is 1.87 bits per heavy atom. The predicted octanol–water partition coefficient (Wildman–Crippen LogP) is 2.22. The van der Waals surface area contributed by atoms with Crippen molar-refractivity contribution >= 4 is 5.97 Å². The zero-order valence-electron chi connectivity index (χ0n) is 10.4. The number of nitrogens with zero attached hydrogens (tertiary/aromatic N) is 1. The van der Waals surface area contributed by atoms with E-state index in [4.69, 9.17) is 0 Å². The molecule has 0 aromatic heterocycles. The standard InChI is InChI=1S/C12H23NO2/c1-8(12(2,3)4)13(5)10(11(14)15)9-6-7-9/h8-10H,6-7H2,1-5H3,(H,14,15). The molecule has 2 unspecified atom stereocenters. The highest BCUT2D eigenvalue weighted by molar-refractivity contribution is 5.74. The second kappa shape index (κ2) is 4.12. The summed E-state index contributed by atoms with van der Waals surface area (Å²) in [5.74, 6) is -0.298. The molecule has 0 aliphatic heterocycles. The maximum atomic E-state index is 11.2. The molecule has 1 fully saturated rings. The monoisotopic (exact) mass is 213 g/mol. The molecule has 1 N–H and O–H groups in total. The Bertz CT molecular complexity index is 240. The number of carbonyl (C=O) groups is 1. The third kappa shape index (κ3) is 2.94. The van der Waals surface area contributed by atoms with Crippen molar-refractivity contribution in [1.29, 1.82) is 0 Å². The van der Waals surface area contributed by atoms with E-state index in [-0.39, 0.29) is 17.5 Å². The van der Waals surface area contributed by atoms with Crippen LogP contribution in [0.4, 0.5) is 0 Å². The van der Waals surface area contributed by atoms with E-state index in [2.05, 4.69) is 27.7 Å². The van der Waals surface area contributed by atoms with Gasteiger partial charge in [0, 0.05) is 6.04 Å². The lowest BCUT2D eigenvalue weighted by Gasteiger charge is -2.38. The molecule has 1 saturated carbocycles. The first-order chi connectivity index (χ1) is 6.75. The molecule has 3 heteroatoms. The smallest absolute Gasteiger partial charge is 0.321 e. The van der Waals surface area contributed by atoms with Crippen LogP contribution in [0.1, 0.15) is 40.5 Å². The summed E-state index contributed by atoms with van der Waals surface area (Å²) in [7, 11) is 1.94. The van der Waals surface area contributed by atoms with Crippen molar-refractivity contribution in [3.05, 3.63) is 0 Å². The molecule has 88 valence electrons. The quantitative estimate of drug-likeness (QED) is 0.778. The minimum atomic E-state index is -0.670. The first-order valence-corrected chi connectivity index (χ1v) is 5.70. The van der Waals surface area contributed by atoms with Gasteiger partial charge in [-0.05, 0) is 38.1 Å². The Labute approximate surface area is 92.5 Å². The van der Waals surface area contributed by atoms with Gasteiger partial charge in [0.15, 0.2) is 0 Å². The summed E-state index contributed by atoms with van der Waals surface area (Å²) in [6.07, 6.45) is 2.14. The van der Waals surface area contributed by atoms with Gasteiger partial charge >= 0.3 is 5.97 Å². The summed E-state index contributed by atoms with van der Waals surface area (Å²) < 4.78 is 0. The summed E-state index contributed by atoms with van der Waals surface area (Å²) in [6.45, 7) is 8.57. The van der Waals surface area contributed by atoms with Crippen LogP contribution in [-0.4, -0.2) is 35.1 Å². The van der Waals surface area contributed by atoms with Crippen molar-refractivity contribution in [2.24, 2.45) is 11.3 Å². The Morgan fingerprint density at radius 1 is 1.40 bits per heavy atom. The third-order valence-corrected chi connectivity index (χ3v) is 3.62. The largest absolute Gasteiger partial charge is 0.480 e. The molecule has 0 aromatic carbocycles. The highest BCUT2D eigenvalue weighted by atomic mass is 16.4. The van der Waals surface area contributed by atoms with Gasteiger partial charge in [-0.2, -0.15) is 0 Å². The maximum Gasteiger partial charge on any atom is 0.321 e. The van der Waals surface area contributed by atoms with Crippen LogP contribution < -0.4 is 0 Å². The molecule has 1 rings (SSSR count). The molecule has 2 atom stereocenters. The van der Waals surface area contributed by atoms with Gasteiger partial charge in [0.05, 0.1) is 0 Å². The van der Waals surface area contributed by atoms with Crippen LogP contribution in [0.2, 0.25) is 0 Å². The van der Waals surface area contributed by atoms with E-state index in [1.54, 1.807) is 0 Å². The normalized spacial score (nSPS) is 21.5. The van der Waals surface area contributed by atoms with E-state index in [9.17, 15) is 9.90 Å². The lowest BCUT2D eigenvalue weighted by Crippen LogP contribution is -2.49. The molecular weight excluding hydrogens is 190 g/mol. The molecule has 15 heavy (non-hydrogen) atoms. The molecule has 0 aromatic rings. The Hall–Kier alpha value is -0.570. The van der Waals surface area contributed by atoms with Crippen LogP contribution in [0.25, 0.3) is 0 Å². The molecule has 0 radical (unpaired) electrons. The molecule has 0 heterocycles. The maximum absolute atomic E-state index is 11.2. The lowest BCUT2D eigenvalue weighted by molar-refractivity contribution is -0.145. The van der Waals surface area contributed by atoms with Gasteiger partial charge in [0.25, 0.3) is 0 Å². The van der Waals surface area contributed by atoms with Crippen LogP contribution in [0.15, 0.2) is 0 Å². The second-order valence-electron chi connectivity index (χ2n) is 5.83. The topological polar surface area (TPSA) is 40.5 Å². The van der Waals surface area contributed by atoms with Gasteiger partial charge in [-0.25, -0.2) is 0 Å². The average molecular weight is 213 g/mol. The minimum absolute atomic E-state index is 0.122. The molecule has 0 bridgehead atoms. The van der Waals surface area contributed by atoms with E-state index >= 15 is 0 Å². The molecular formula is C12H23NO2. The van der Waals surface area contributed by atoms with Gasteiger partial charge in [-0.15, -0.1) is 0 Å². The fourth-order valence-electron chi connectivity index (χ4n) is 1.97. The number of aliphatic carboxylic acids is 1. The summed E-state index contributed by atoms with van der Waals surface area (Å²) in [5, 5.41) is 9.23. The number of likely N-dealkylation sites (N-methyl/N-ethyl adjacent to an activating group) is 1. The van der Waals surface area contributed by atoms with Crippen LogP contribution in [0.5, 0.6) is 0 Å². The van der Waals surface area contributed by atoms with Crippen molar-refractivity contribution < 1.29 is 9.90 Å². The molecule has 3 nitrogen and oxygen atoms in total. The number of hydrogen-bond acceptors (Lipinski definition) is 2. The van der Waals surface area contributed by atoms with E-state index in [1.807, 2.05) is 11.9 Å². The van der Waals surface area contributed by atoms with Crippen molar-refractivity contribution in [2.45, 2.75) is 52.6 Å². The van der Waals surface area contributed by atoms with Crippen molar-refractivity contribution in [2.75, 3.05) is 7.05 Å². The fourth-order valence-corrected chi connectivity index (χ4v) is 1.97. The average Bonchev–Trinajstić information content (AvgIpc) is 2.84. The van der Waals surface area contributed by atoms with Crippen molar-refractivity contribution in [3.63, 3.8) is 0 Å². The second-order valence-corrected chi connectivity index (χ2v) is 5.83. The van der Waals surface area contributed by atoms with Gasteiger partial charge in [-0.1, -0.05) is 20.8 Å². The van der Waals surface area contributed by atoms with Crippen LogP contribution in [-0.2, 0) is 4.79 Å². The zero-order valence-corrected chi connectivity index (χ0v) is 10.4. The summed E-state index contributed by atoms with van der Waals surface area (Å²) >= 11 is 0. The molecule has 0 amide bonds. The Morgan fingerprint density at radius 3 is 2.13 bits per heavy atom.